The molecule has 0 heterocycles. The third-order valence-corrected chi connectivity index (χ3v) is 3.38. The van der Waals surface area contributed by atoms with Crippen LogP contribution in [-0.4, -0.2) is 27.3 Å². The molecule has 0 aromatic heterocycles. The lowest BCUT2D eigenvalue weighted by Crippen LogP contribution is -2.01. The summed E-state index contributed by atoms with van der Waals surface area (Å²) in [5.74, 6) is 1.03. The van der Waals surface area contributed by atoms with E-state index in [0.717, 1.165) is 16.9 Å². The van der Waals surface area contributed by atoms with Crippen LogP contribution in [0.3, 0.4) is 0 Å². The van der Waals surface area contributed by atoms with Crippen molar-refractivity contribution >= 4 is 17.3 Å². The summed E-state index contributed by atoms with van der Waals surface area (Å²) >= 11 is 0. The summed E-state index contributed by atoms with van der Waals surface area (Å²) in [7, 11) is 4.58. The van der Waals surface area contributed by atoms with Crippen LogP contribution in [0.4, 0.5) is 11.4 Å². The minimum atomic E-state index is -0.353. The van der Waals surface area contributed by atoms with Crippen LogP contribution < -0.4 is 14.8 Å². The van der Waals surface area contributed by atoms with Crippen LogP contribution in [-0.2, 0) is 4.74 Å². The number of methoxy groups -OCH3 is 3. The number of ether oxygens (including phenoxy) is 3. The highest BCUT2D eigenvalue weighted by Gasteiger charge is 2.11. The standard InChI is InChI=1S/C17H19NO4/c1-11-14(9-10-15(20-2)16(11)21-3)18-13-7-5-12(6-8-13)17(19)22-4/h5-10,18H,1-4H3. The molecule has 0 radical (unpaired) electrons. The zero-order valence-electron chi connectivity index (χ0n) is 13.1. The number of esters is 1. The molecule has 116 valence electrons. The first-order chi connectivity index (χ1) is 10.6. The Morgan fingerprint density at radius 1 is 0.955 bits per heavy atom. The zero-order chi connectivity index (χ0) is 16.1. The summed E-state index contributed by atoms with van der Waals surface area (Å²) in [6, 6.07) is 10.8. The number of hydrogen-bond acceptors (Lipinski definition) is 5. The molecule has 0 unspecified atom stereocenters. The van der Waals surface area contributed by atoms with E-state index >= 15 is 0 Å². The van der Waals surface area contributed by atoms with E-state index in [2.05, 4.69) is 10.1 Å². The van der Waals surface area contributed by atoms with Gasteiger partial charge in [-0.2, -0.15) is 0 Å². The van der Waals surface area contributed by atoms with Gasteiger partial charge in [0.1, 0.15) is 0 Å². The molecule has 0 amide bonds. The molecular formula is C17H19NO4. The van der Waals surface area contributed by atoms with E-state index in [4.69, 9.17) is 9.47 Å². The Balaban J connectivity index is 2.25. The molecule has 0 aliphatic carbocycles. The van der Waals surface area contributed by atoms with Gasteiger partial charge in [0.25, 0.3) is 0 Å². The fraction of sp³-hybridized carbons (Fsp3) is 0.235. The molecule has 0 atom stereocenters. The molecule has 0 fully saturated rings. The smallest absolute Gasteiger partial charge is 0.337 e. The molecule has 0 spiro atoms. The maximum absolute atomic E-state index is 11.4. The predicted octanol–water partition coefficient (Wildman–Crippen LogP) is 3.54. The maximum atomic E-state index is 11.4. The number of nitrogens with one attached hydrogen (secondary N) is 1. The van der Waals surface area contributed by atoms with Gasteiger partial charge < -0.3 is 19.5 Å². The molecule has 0 aliphatic heterocycles. The van der Waals surface area contributed by atoms with Gasteiger partial charge in [0.15, 0.2) is 11.5 Å². The van der Waals surface area contributed by atoms with Crippen LogP contribution in [0.25, 0.3) is 0 Å². The molecule has 0 saturated heterocycles. The Kier molecular flexibility index (Phi) is 4.88. The van der Waals surface area contributed by atoms with Crippen molar-refractivity contribution in [2.24, 2.45) is 0 Å². The monoisotopic (exact) mass is 301 g/mol. The van der Waals surface area contributed by atoms with Crippen LogP contribution in [0.2, 0.25) is 0 Å². The maximum Gasteiger partial charge on any atom is 0.337 e. The summed E-state index contributed by atoms with van der Waals surface area (Å²) in [5.41, 5.74) is 3.22. The molecular weight excluding hydrogens is 282 g/mol. The zero-order valence-corrected chi connectivity index (χ0v) is 13.1. The molecule has 0 aliphatic rings. The average Bonchev–Trinajstić information content (AvgIpc) is 2.56. The minimum Gasteiger partial charge on any atom is -0.493 e. The first-order valence-electron chi connectivity index (χ1n) is 6.77. The first-order valence-corrected chi connectivity index (χ1v) is 6.77. The molecule has 5 nitrogen and oxygen atoms in total. The Labute approximate surface area is 129 Å². The van der Waals surface area contributed by atoms with Crippen molar-refractivity contribution in [1.29, 1.82) is 0 Å². The van der Waals surface area contributed by atoms with Crippen molar-refractivity contribution in [3.05, 3.63) is 47.5 Å². The van der Waals surface area contributed by atoms with Crippen LogP contribution in [0.1, 0.15) is 15.9 Å². The number of hydrogen-bond donors (Lipinski definition) is 1. The number of carbonyl (C=O) groups is 1. The number of anilines is 2. The lowest BCUT2D eigenvalue weighted by molar-refractivity contribution is 0.0601. The van der Waals surface area contributed by atoms with Crippen LogP contribution in [0.15, 0.2) is 36.4 Å². The third-order valence-electron chi connectivity index (χ3n) is 3.38. The van der Waals surface area contributed by atoms with Crippen LogP contribution >= 0.6 is 0 Å². The van der Waals surface area contributed by atoms with Crippen molar-refractivity contribution in [3.8, 4) is 11.5 Å². The highest BCUT2D eigenvalue weighted by atomic mass is 16.5. The Hall–Kier alpha value is -2.69. The van der Waals surface area contributed by atoms with Gasteiger partial charge in [0.05, 0.1) is 26.9 Å². The molecule has 1 N–H and O–H groups in total. The molecule has 2 aromatic rings. The summed E-state index contributed by atoms with van der Waals surface area (Å²) in [6.45, 7) is 1.95. The molecule has 22 heavy (non-hydrogen) atoms. The predicted molar refractivity (Wildman–Crippen MR) is 85.3 cm³/mol. The van der Waals surface area contributed by atoms with E-state index in [9.17, 15) is 4.79 Å². The topological polar surface area (TPSA) is 56.8 Å². The lowest BCUT2D eigenvalue weighted by Gasteiger charge is -2.15. The second-order valence-electron chi connectivity index (χ2n) is 4.67. The second kappa shape index (κ2) is 6.85. The minimum absolute atomic E-state index is 0.353. The molecule has 5 heteroatoms. The van der Waals surface area contributed by atoms with Crippen molar-refractivity contribution in [3.63, 3.8) is 0 Å². The molecule has 0 bridgehead atoms. The molecule has 0 saturated carbocycles. The number of carbonyl (C=O) groups excluding carboxylic acids is 1. The van der Waals surface area contributed by atoms with E-state index in [-0.39, 0.29) is 5.97 Å². The van der Waals surface area contributed by atoms with Crippen molar-refractivity contribution in [2.75, 3.05) is 26.6 Å². The summed E-state index contributed by atoms with van der Waals surface area (Å²) < 4.78 is 15.3. The van der Waals surface area contributed by atoms with Crippen LogP contribution in [0.5, 0.6) is 11.5 Å². The SMILES string of the molecule is COC(=O)c1ccc(Nc2ccc(OC)c(OC)c2C)cc1. The summed E-state index contributed by atoms with van der Waals surface area (Å²) in [4.78, 5) is 11.4. The van der Waals surface area contributed by atoms with Gasteiger partial charge in [-0.15, -0.1) is 0 Å². The summed E-state index contributed by atoms with van der Waals surface area (Å²) in [6.07, 6.45) is 0. The highest BCUT2D eigenvalue weighted by Crippen LogP contribution is 2.36. The lowest BCUT2D eigenvalue weighted by atomic mass is 10.1. The number of rotatable bonds is 5. The van der Waals surface area contributed by atoms with Gasteiger partial charge in [-0.3, -0.25) is 0 Å². The Morgan fingerprint density at radius 3 is 2.18 bits per heavy atom. The molecule has 2 aromatic carbocycles. The first kappa shape index (κ1) is 15.7. The molecule has 2 rings (SSSR count). The van der Waals surface area contributed by atoms with Gasteiger partial charge >= 0.3 is 5.97 Å². The second-order valence-corrected chi connectivity index (χ2v) is 4.67. The Bertz CT molecular complexity index is 665. The van der Waals surface area contributed by atoms with E-state index in [1.54, 1.807) is 26.4 Å². The van der Waals surface area contributed by atoms with Crippen molar-refractivity contribution in [1.82, 2.24) is 0 Å². The van der Waals surface area contributed by atoms with E-state index in [1.807, 2.05) is 31.2 Å². The largest absolute Gasteiger partial charge is 0.493 e. The van der Waals surface area contributed by atoms with E-state index < -0.39 is 0 Å². The average molecular weight is 301 g/mol. The van der Waals surface area contributed by atoms with Gasteiger partial charge in [-0.05, 0) is 43.3 Å². The quantitative estimate of drug-likeness (QED) is 0.856. The van der Waals surface area contributed by atoms with Gasteiger partial charge in [0.2, 0.25) is 0 Å². The fourth-order valence-corrected chi connectivity index (χ4v) is 2.18. The van der Waals surface area contributed by atoms with Crippen molar-refractivity contribution < 1.29 is 19.0 Å². The van der Waals surface area contributed by atoms with E-state index in [0.29, 0.717) is 17.1 Å². The van der Waals surface area contributed by atoms with Crippen molar-refractivity contribution in [2.45, 2.75) is 6.92 Å². The Morgan fingerprint density at radius 2 is 1.64 bits per heavy atom. The van der Waals surface area contributed by atoms with Gasteiger partial charge in [-0.1, -0.05) is 0 Å². The third kappa shape index (κ3) is 3.14. The fourth-order valence-electron chi connectivity index (χ4n) is 2.18. The highest BCUT2D eigenvalue weighted by molar-refractivity contribution is 5.89. The van der Waals surface area contributed by atoms with Gasteiger partial charge in [0, 0.05) is 16.9 Å². The normalized spacial score (nSPS) is 10.0. The number of benzene rings is 2. The van der Waals surface area contributed by atoms with E-state index in [1.165, 1.54) is 7.11 Å². The summed E-state index contributed by atoms with van der Waals surface area (Å²) in [5, 5.41) is 3.29. The van der Waals surface area contributed by atoms with Gasteiger partial charge in [-0.25, -0.2) is 4.79 Å². The van der Waals surface area contributed by atoms with Crippen LogP contribution in [0, 0.1) is 6.92 Å².